The molecule has 24 heavy (non-hydrogen) atoms. The van der Waals surface area contributed by atoms with E-state index >= 15 is 0 Å². The molecular weight excluding hydrogens is 364 g/mol. The van der Waals surface area contributed by atoms with Crippen molar-refractivity contribution in [1.82, 2.24) is 0 Å². The molecule has 0 heterocycles. The zero-order valence-corrected chi connectivity index (χ0v) is 17.7. The first-order valence-electron chi connectivity index (χ1n) is 10.3. The van der Waals surface area contributed by atoms with E-state index in [1.807, 2.05) is 0 Å². The molecule has 0 aromatic carbocycles. The van der Waals surface area contributed by atoms with E-state index < -0.39 is 0 Å². The minimum atomic E-state index is 0.454. The van der Waals surface area contributed by atoms with E-state index in [1.165, 1.54) is 77.0 Å². The highest BCUT2D eigenvalue weighted by molar-refractivity contribution is 9.09. The summed E-state index contributed by atoms with van der Waals surface area (Å²) >= 11 is 3.48. The quantitative estimate of drug-likeness (QED) is 0.0909. The highest BCUT2D eigenvalue weighted by Crippen LogP contribution is 2.10. The highest BCUT2D eigenvalue weighted by atomic mass is 79.9. The van der Waals surface area contributed by atoms with Crippen LogP contribution < -0.4 is 0 Å². The van der Waals surface area contributed by atoms with Crippen LogP contribution in [0.25, 0.3) is 0 Å². The van der Waals surface area contributed by atoms with Gasteiger partial charge in [-0.2, -0.15) is 0 Å². The largest absolute Gasteiger partial charge is 0.355 e. The predicted molar refractivity (Wildman–Crippen MR) is 110 cm³/mol. The number of ether oxygens (including phenoxy) is 2. The molecule has 0 aliphatic heterocycles. The van der Waals surface area contributed by atoms with Crippen LogP contribution in [-0.2, 0) is 9.47 Å². The summed E-state index contributed by atoms with van der Waals surface area (Å²) in [7, 11) is 0. The summed E-state index contributed by atoms with van der Waals surface area (Å²) in [6, 6.07) is 0. The molecule has 0 aromatic rings. The maximum atomic E-state index is 5.46. The highest BCUT2D eigenvalue weighted by Gasteiger charge is 1.92. The lowest BCUT2D eigenvalue weighted by atomic mass is 10.1. The lowest BCUT2D eigenvalue weighted by Crippen LogP contribution is -2.02. The van der Waals surface area contributed by atoms with Crippen LogP contribution in [0.15, 0.2) is 12.2 Å². The van der Waals surface area contributed by atoms with Gasteiger partial charge in [0, 0.05) is 11.9 Å². The van der Waals surface area contributed by atoms with Gasteiger partial charge in [-0.15, -0.1) is 0 Å². The summed E-state index contributed by atoms with van der Waals surface area (Å²) in [6.45, 7) is 4.30. The molecule has 2 nitrogen and oxygen atoms in total. The Morgan fingerprint density at radius 3 is 1.92 bits per heavy atom. The number of rotatable bonds is 20. The van der Waals surface area contributed by atoms with Gasteiger partial charge in [0.1, 0.15) is 6.79 Å². The fraction of sp³-hybridized carbons (Fsp3) is 0.905. The van der Waals surface area contributed by atoms with E-state index in [0.29, 0.717) is 6.79 Å². The number of halogens is 1. The lowest BCUT2D eigenvalue weighted by molar-refractivity contribution is -0.0531. The van der Waals surface area contributed by atoms with Crippen molar-refractivity contribution < 1.29 is 9.47 Å². The number of alkyl halides is 1. The second kappa shape index (κ2) is 23.1. The second-order valence-corrected chi connectivity index (χ2v) is 7.35. The van der Waals surface area contributed by atoms with E-state index in [1.54, 1.807) is 0 Å². The first kappa shape index (κ1) is 24.1. The van der Waals surface area contributed by atoms with E-state index in [0.717, 1.165) is 31.4 Å². The third-order valence-electron chi connectivity index (χ3n) is 4.16. The van der Waals surface area contributed by atoms with Crippen molar-refractivity contribution in [3.8, 4) is 0 Å². The Labute approximate surface area is 159 Å². The third kappa shape index (κ3) is 22.1. The van der Waals surface area contributed by atoms with Crippen LogP contribution in [0.2, 0.25) is 0 Å². The Morgan fingerprint density at radius 1 is 0.625 bits per heavy atom. The Kier molecular flexibility index (Phi) is 23.3. The maximum Gasteiger partial charge on any atom is 0.146 e. The van der Waals surface area contributed by atoms with Gasteiger partial charge in [0.15, 0.2) is 0 Å². The average molecular weight is 405 g/mol. The van der Waals surface area contributed by atoms with Gasteiger partial charge in [0.25, 0.3) is 0 Å². The topological polar surface area (TPSA) is 18.5 Å². The molecule has 0 N–H and O–H groups in total. The van der Waals surface area contributed by atoms with Crippen LogP contribution in [-0.4, -0.2) is 25.3 Å². The summed E-state index contributed by atoms with van der Waals surface area (Å²) < 4.78 is 10.9. The first-order chi connectivity index (χ1) is 11.9. The van der Waals surface area contributed by atoms with E-state index in [2.05, 4.69) is 35.0 Å². The second-order valence-electron chi connectivity index (χ2n) is 6.56. The average Bonchev–Trinajstić information content (AvgIpc) is 2.60. The monoisotopic (exact) mass is 404 g/mol. The minimum Gasteiger partial charge on any atom is -0.355 e. The molecular formula is C21H41BrO2. The molecule has 0 saturated carbocycles. The summed E-state index contributed by atoms with van der Waals surface area (Å²) in [5, 5.41) is 1.16. The molecule has 0 unspecified atom stereocenters. The van der Waals surface area contributed by atoms with Crippen molar-refractivity contribution in [3.63, 3.8) is 0 Å². The molecule has 0 bridgehead atoms. The molecule has 0 spiro atoms. The minimum absolute atomic E-state index is 0.454. The molecule has 0 saturated heterocycles. The molecule has 0 aromatic heterocycles. The normalized spacial score (nSPS) is 11.6. The summed E-state index contributed by atoms with van der Waals surface area (Å²) in [5.41, 5.74) is 0. The summed E-state index contributed by atoms with van der Waals surface area (Å²) in [4.78, 5) is 0. The van der Waals surface area contributed by atoms with Crippen molar-refractivity contribution in [1.29, 1.82) is 0 Å². The van der Waals surface area contributed by atoms with Crippen LogP contribution in [0.1, 0.15) is 96.8 Å². The van der Waals surface area contributed by atoms with Crippen LogP contribution in [0.4, 0.5) is 0 Å². The first-order valence-corrected chi connectivity index (χ1v) is 11.4. The Morgan fingerprint density at radius 2 is 1.21 bits per heavy atom. The van der Waals surface area contributed by atoms with Crippen molar-refractivity contribution >= 4 is 15.9 Å². The SMILES string of the molecule is CCCCCCOCOCCC=CCCCCCCCCCCBr. The smallest absolute Gasteiger partial charge is 0.146 e. The number of hydrogen-bond donors (Lipinski definition) is 0. The van der Waals surface area contributed by atoms with Crippen LogP contribution in [0.3, 0.4) is 0 Å². The standard InChI is InChI=1S/C21H41BrO2/c1-2-3-4-16-19-23-21-24-20-17-14-12-10-8-6-5-7-9-11-13-15-18-22/h12,14H,2-11,13,15-21H2,1H3. The van der Waals surface area contributed by atoms with E-state index in [4.69, 9.17) is 9.47 Å². The number of allylic oxidation sites excluding steroid dienone is 1. The van der Waals surface area contributed by atoms with Gasteiger partial charge in [-0.25, -0.2) is 0 Å². The van der Waals surface area contributed by atoms with Crippen molar-refractivity contribution in [3.05, 3.63) is 12.2 Å². The molecule has 0 aliphatic carbocycles. The summed E-state index contributed by atoms with van der Waals surface area (Å²) in [5.74, 6) is 0. The fourth-order valence-corrected chi connectivity index (χ4v) is 3.01. The van der Waals surface area contributed by atoms with Crippen molar-refractivity contribution in [2.24, 2.45) is 0 Å². The van der Waals surface area contributed by atoms with Crippen molar-refractivity contribution in [2.45, 2.75) is 96.8 Å². The predicted octanol–water partition coefficient (Wildman–Crippen LogP) is 7.41. The van der Waals surface area contributed by atoms with Gasteiger partial charge >= 0.3 is 0 Å². The van der Waals surface area contributed by atoms with Gasteiger partial charge in [0.2, 0.25) is 0 Å². The molecule has 3 heteroatoms. The molecule has 0 amide bonds. The molecule has 0 fully saturated rings. The number of unbranched alkanes of at least 4 members (excludes halogenated alkanes) is 11. The molecule has 0 aliphatic rings. The lowest BCUT2D eigenvalue weighted by Gasteiger charge is -2.04. The van der Waals surface area contributed by atoms with Crippen molar-refractivity contribution in [2.75, 3.05) is 25.3 Å². The Hall–Kier alpha value is 0.140. The fourth-order valence-electron chi connectivity index (χ4n) is 2.61. The number of hydrogen-bond acceptors (Lipinski definition) is 2. The van der Waals surface area contributed by atoms with E-state index in [9.17, 15) is 0 Å². The zero-order chi connectivity index (χ0) is 17.6. The Balaban J connectivity index is 3.04. The van der Waals surface area contributed by atoms with Crippen LogP contribution in [0.5, 0.6) is 0 Å². The molecule has 144 valence electrons. The summed E-state index contributed by atoms with van der Waals surface area (Å²) in [6.07, 6.45) is 22.9. The van der Waals surface area contributed by atoms with Gasteiger partial charge in [-0.3, -0.25) is 0 Å². The van der Waals surface area contributed by atoms with E-state index in [-0.39, 0.29) is 0 Å². The van der Waals surface area contributed by atoms with Crippen LogP contribution >= 0.6 is 15.9 Å². The molecule has 0 radical (unpaired) electrons. The van der Waals surface area contributed by atoms with Crippen LogP contribution in [0, 0.1) is 0 Å². The molecule has 0 atom stereocenters. The third-order valence-corrected chi connectivity index (χ3v) is 4.72. The van der Waals surface area contributed by atoms with Gasteiger partial charge in [0.05, 0.1) is 6.61 Å². The Bertz CT molecular complexity index is 220. The molecule has 0 rings (SSSR count). The van der Waals surface area contributed by atoms with Gasteiger partial charge in [-0.1, -0.05) is 92.8 Å². The van der Waals surface area contributed by atoms with Gasteiger partial charge in [-0.05, 0) is 32.1 Å². The zero-order valence-electron chi connectivity index (χ0n) is 16.1. The van der Waals surface area contributed by atoms with Gasteiger partial charge < -0.3 is 9.47 Å². The maximum absolute atomic E-state index is 5.46.